The first-order chi connectivity index (χ1) is 12.1. The van der Waals surface area contributed by atoms with Gasteiger partial charge < -0.3 is 15.0 Å². The molecule has 0 amide bonds. The van der Waals surface area contributed by atoms with E-state index in [1.807, 2.05) is 24.3 Å². The molecule has 1 aliphatic heterocycles. The van der Waals surface area contributed by atoms with Crippen molar-refractivity contribution in [2.24, 2.45) is 7.05 Å². The average molecular weight is 334 g/mol. The molecule has 3 heterocycles. The maximum Gasteiger partial charge on any atom is 0.250 e. The quantitative estimate of drug-likeness (QED) is 0.753. The van der Waals surface area contributed by atoms with Crippen LogP contribution in [0, 0.1) is 0 Å². The second-order valence-electron chi connectivity index (χ2n) is 6.23. The summed E-state index contributed by atoms with van der Waals surface area (Å²) in [5.41, 5.74) is 3.86. The van der Waals surface area contributed by atoms with Gasteiger partial charge in [-0.25, -0.2) is 0 Å². The van der Waals surface area contributed by atoms with Gasteiger partial charge in [-0.2, -0.15) is 0 Å². The Bertz CT molecular complexity index is 1010. The smallest absolute Gasteiger partial charge is 0.250 e. The van der Waals surface area contributed by atoms with Gasteiger partial charge in [-0.3, -0.25) is 4.79 Å². The van der Waals surface area contributed by atoms with Gasteiger partial charge in [0.05, 0.1) is 5.69 Å². The Morgan fingerprint density at radius 2 is 1.96 bits per heavy atom. The van der Waals surface area contributed by atoms with Crippen LogP contribution >= 0.6 is 0 Å². The summed E-state index contributed by atoms with van der Waals surface area (Å²) in [7, 11) is 1.70. The van der Waals surface area contributed by atoms with E-state index in [2.05, 4.69) is 15.5 Å². The van der Waals surface area contributed by atoms with E-state index >= 15 is 0 Å². The summed E-state index contributed by atoms with van der Waals surface area (Å²) in [5, 5.41) is 22.1. The van der Waals surface area contributed by atoms with Gasteiger partial charge in [0.2, 0.25) is 0 Å². The van der Waals surface area contributed by atoms with Crippen LogP contribution in [-0.4, -0.2) is 26.4 Å². The summed E-state index contributed by atoms with van der Waals surface area (Å²) < 4.78 is 1.51. The largest absolute Gasteiger partial charge is 0.507 e. The molecule has 6 nitrogen and oxygen atoms in total. The van der Waals surface area contributed by atoms with Crippen LogP contribution in [-0.2, 0) is 13.5 Å². The highest BCUT2D eigenvalue weighted by atomic mass is 16.3. The molecule has 25 heavy (non-hydrogen) atoms. The van der Waals surface area contributed by atoms with E-state index in [1.54, 1.807) is 25.4 Å². The summed E-state index contributed by atoms with van der Waals surface area (Å²) in [6, 6.07) is 10.7. The van der Waals surface area contributed by atoms with Crippen LogP contribution in [0.5, 0.6) is 5.75 Å². The van der Waals surface area contributed by atoms with Crippen molar-refractivity contribution in [1.29, 1.82) is 0 Å². The van der Waals surface area contributed by atoms with Gasteiger partial charge in [0.1, 0.15) is 5.75 Å². The maximum absolute atomic E-state index is 11.8. The fraction of sp³-hybridized carbons (Fsp3) is 0.211. The number of aryl methyl sites for hydroxylation is 2. The third-order valence-electron chi connectivity index (χ3n) is 4.50. The van der Waals surface area contributed by atoms with Crippen LogP contribution in [0.25, 0.3) is 22.4 Å². The number of phenols is 1. The molecule has 126 valence electrons. The van der Waals surface area contributed by atoms with Crippen LogP contribution in [0.1, 0.15) is 12.0 Å². The van der Waals surface area contributed by atoms with Crippen molar-refractivity contribution in [3.05, 3.63) is 58.5 Å². The van der Waals surface area contributed by atoms with E-state index in [0.29, 0.717) is 11.3 Å². The lowest BCUT2D eigenvalue weighted by molar-refractivity contribution is 0.477. The van der Waals surface area contributed by atoms with Crippen LogP contribution in [0.4, 0.5) is 5.82 Å². The summed E-state index contributed by atoms with van der Waals surface area (Å²) in [4.78, 5) is 11.8. The van der Waals surface area contributed by atoms with E-state index < -0.39 is 0 Å². The molecule has 0 saturated heterocycles. The highest BCUT2D eigenvalue weighted by Gasteiger charge is 2.14. The summed E-state index contributed by atoms with van der Waals surface area (Å²) in [5.74, 6) is 0.947. The Morgan fingerprint density at radius 3 is 2.76 bits per heavy atom. The number of rotatable bonds is 2. The molecule has 0 unspecified atom stereocenters. The molecule has 1 aliphatic rings. The number of hydrogen-bond donors (Lipinski definition) is 2. The number of benzene rings is 1. The molecule has 2 N–H and O–H groups in total. The van der Waals surface area contributed by atoms with Crippen LogP contribution < -0.4 is 10.9 Å². The number of nitrogens with one attached hydrogen (secondary N) is 1. The number of phenolic OH excluding ortho intramolecular Hbond substituents is 1. The van der Waals surface area contributed by atoms with Crippen molar-refractivity contribution in [2.75, 3.05) is 11.9 Å². The zero-order chi connectivity index (χ0) is 17.4. The molecular formula is C19H18N4O2. The van der Waals surface area contributed by atoms with Crippen molar-refractivity contribution in [2.45, 2.75) is 12.8 Å². The minimum atomic E-state index is -0.0888. The Balaban J connectivity index is 1.72. The third kappa shape index (κ3) is 2.87. The lowest BCUT2D eigenvalue weighted by Gasteiger charge is -2.16. The Kier molecular flexibility index (Phi) is 3.72. The van der Waals surface area contributed by atoms with E-state index in [0.717, 1.165) is 41.9 Å². The minimum Gasteiger partial charge on any atom is -0.507 e. The SMILES string of the molecule is Cn1ccc(-c2ccc(-c3cc4c(nn3)NCCC4)c(O)c2)cc1=O. The van der Waals surface area contributed by atoms with E-state index in [1.165, 1.54) is 4.57 Å². The predicted molar refractivity (Wildman–Crippen MR) is 96.6 cm³/mol. The molecule has 0 spiro atoms. The van der Waals surface area contributed by atoms with Crippen LogP contribution in [0.2, 0.25) is 0 Å². The van der Waals surface area contributed by atoms with Crippen molar-refractivity contribution in [3.8, 4) is 28.1 Å². The Hall–Kier alpha value is -3.15. The molecule has 2 aromatic heterocycles. The monoisotopic (exact) mass is 334 g/mol. The number of nitrogens with zero attached hydrogens (tertiary/aromatic N) is 3. The number of aromatic hydroxyl groups is 1. The normalized spacial score (nSPS) is 13.2. The van der Waals surface area contributed by atoms with Gasteiger partial charge in [-0.1, -0.05) is 6.07 Å². The number of fused-ring (bicyclic) bond motifs is 1. The second kappa shape index (κ2) is 6.05. The predicted octanol–water partition coefficient (Wildman–Crippen LogP) is 2.57. The van der Waals surface area contributed by atoms with Gasteiger partial charge >= 0.3 is 0 Å². The topological polar surface area (TPSA) is 80.0 Å². The van der Waals surface area contributed by atoms with Gasteiger partial charge in [-0.05, 0) is 53.8 Å². The van der Waals surface area contributed by atoms with Crippen molar-refractivity contribution in [3.63, 3.8) is 0 Å². The van der Waals surface area contributed by atoms with Crippen LogP contribution in [0.3, 0.4) is 0 Å². The van der Waals surface area contributed by atoms with Crippen molar-refractivity contribution >= 4 is 5.82 Å². The number of anilines is 1. The lowest BCUT2D eigenvalue weighted by atomic mass is 10.0. The molecule has 0 fully saturated rings. The van der Waals surface area contributed by atoms with Gasteiger partial charge in [-0.15, -0.1) is 10.2 Å². The molecule has 0 radical (unpaired) electrons. The first kappa shape index (κ1) is 15.4. The number of aromatic nitrogens is 3. The van der Waals surface area contributed by atoms with E-state index in [9.17, 15) is 9.90 Å². The Morgan fingerprint density at radius 1 is 1.12 bits per heavy atom. The zero-order valence-corrected chi connectivity index (χ0v) is 13.9. The van der Waals surface area contributed by atoms with Crippen molar-refractivity contribution < 1.29 is 5.11 Å². The fourth-order valence-corrected chi connectivity index (χ4v) is 3.04. The summed E-state index contributed by atoms with van der Waals surface area (Å²) in [6.07, 6.45) is 3.73. The fourth-order valence-electron chi connectivity index (χ4n) is 3.04. The first-order valence-corrected chi connectivity index (χ1v) is 8.23. The number of pyridine rings is 1. The molecule has 0 saturated carbocycles. The zero-order valence-electron chi connectivity index (χ0n) is 13.9. The summed E-state index contributed by atoms with van der Waals surface area (Å²) >= 11 is 0. The van der Waals surface area contributed by atoms with Gasteiger partial charge in [0.25, 0.3) is 5.56 Å². The molecule has 3 aromatic rings. The maximum atomic E-state index is 11.8. The van der Waals surface area contributed by atoms with Gasteiger partial charge in [0, 0.05) is 31.4 Å². The van der Waals surface area contributed by atoms with E-state index in [4.69, 9.17) is 0 Å². The summed E-state index contributed by atoms with van der Waals surface area (Å²) in [6.45, 7) is 0.914. The highest BCUT2D eigenvalue weighted by Crippen LogP contribution is 2.33. The minimum absolute atomic E-state index is 0.0888. The molecular weight excluding hydrogens is 316 g/mol. The Labute approximate surface area is 144 Å². The van der Waals surface area contributed by atoms with Crippen molar-refractivity contribution in [1.82, 2.24) is 14.8 Å². The molecule has 0 atom stereocenters. The molecule has 4 rings (SSSR count). The van der Waals surface area contributed by atoms with Crippen LogP contribution in [0.15, 0.2) is 47.4 Å². The third-order valence-corrected chi connectivity index (χ3v) is 4.50. The van der Waals surface area contributed by atoms with E-state index in [-0.39, 0.29) is 11.3 Å². The molecule has 1 aromatic carbocycles. The average Bonchev–Trinajstić information content (AvgIpc) is 2.63. The highest BCUT2D eigenvalue weighted by molar-refractivity contribution is 5.74. The molecule has 6 heteroatoms. The van der Waals surface area contributed by atoms with Gasteiger partial charge in [0.15, 0.2) is 5.82 Å². The molecule has 0 bridgehead atoms. The number of hydrogen-bond acceptors (Lipinski definition) is 5. The standard InChI is InChI=1S/C19H18N4O2/c1-23-8-6-13(11-18(23)25)12-4-5-15(17(24)10-12)16-9-14-3-2-7-20-19(14)22-21-16/h4-6,8-11,24H,2-3,7H2,1H3,(H,20,22). The molecule has 0 aliphatic carbocycles. The first-order valence-electron chi connectivity index (χ1n) is 8.23. The lowest BCUT2D eigenvalue weighted by Crippen LogP contribution is -2.14. The second-order valence-corrected chi connectivity index (χ2v) is 6.23.